The smallest absolute Gasteiger partial charge is 0.166 e. The number of fused-ring (bicyclic) bond motifs is 1. The Hall–Kier alpha value is -1.77. The van der Waals surface area contributed by atoms with Crippen LogP contribution in [0.1, 0.15) is 10.5 Å². The molecule has 0 fully saturated rings. The van der Waals surface area contributed by atoms with Crippen molar-refractivity contribution >= 4 is 17.2 Å². The van der Waals surface area contributed by atoms with E-state index in [9.17, 15) is 4.79 Å². The lowest BCUT2D eigenvalue weighted by molar-refractivity contribution is 0.112. The van der Waals surface area contributed by atoms with E-state index in [1.54, 1.807) is 13.2 Å². The number of hydrogen-bond acceptors (Lipinski definition) is 2. The molecule has 0 unspecified atom stereocenters. The number of methoxy groups -OCH3 is 1. The molecule has 0 aliphatic rings. The molecule has 1 aromatic carbocycles. The van der Waals surface area contributed by atoms with Gasteiger partial charge in [0.05, 0.1) is 12.8 Å². The normalized spacial score (nSPS) is 10.2. The van der Waals surface area contributed by atoms with E-state index >= 15 is 0 Å². The van der Waals surface area contributed by atoms with Gasteiger partial charge < -0.3 is 9.72 Å². The summed E-state index contributed by atoms with van der Waals surface area (Å²) in [7, 11) is 1.61. The molecule has 0 aliphatic carbocycles. The van der Waals surface area contributed by atoms with Crippen LogP contribution in [0.2, 0.25) is 0 Å². The van der Waals surface area contributed by atoms with Crippen molar-refractivity contribution in [1.82, 2.24) is 4.98 Å². The van der Waals surface area contributed by atoms with E-state index in [4.69, 9.17) is 4.74 Å². The maximum Gasteiger partial charge on any atom is 0.166 e. The Bertz CT molecular complexity index is 445. The third kappa shape index (κ3) is 1.18. The first-order valence-electron chi connectivity index (χ1n) is 3.96. The van der Waals surface area contributed by atoms with Crippen molar-refractivity contribution in [3.63, 3.8) is 0 Å². The predicted octanol–water partition coefficient (Wildman–Crippen LogP) is 1.99. The molecule has 0 aliphatic heterocycles. The van der Waals surface area contributed by atoms with Crippen LogP contribution in [0.5, 0.6) is 5.75 Å². The zero-order chi connectivity index (χ0) is 9.26. The highest BCUT2D eigenvalue weighted by Crippen LogP contribution is 2.25. The van der Waals surface area contributed by atoms with E-state index in [-0.39, 0.29) is 0 Å². The van der Waals surface area contributed by atoms with Gasteiger partial charge in [0.1, 0.15) is 5.75 Å². The predicted molar refractivity (Wildman–Crippen MR) is 50.2 cm³/mol. The molecule has 2 aromatic rings. The Balaban J connectivity index is 2.74. The lowest BCUT2D eigenvalue weighted by Crippen LogP contribution is -1.81. The SMILES string of the molecule is COc1cccc2[nH]c(C=O)cc12. The van der Waals surface area contributed by atoms with Crippen molar-refractivity contribution in [1.29, 1.82) is 0 Å². The number of carbonyl (C=O) groups is 1. The summed E-state index contributed by atoms with van der Waals surface area (Å²) in [5.41, 5.74) is 1.49. The van der Waals surface area contributed by atoms with Crippen molar-refractivity contribution in [2.24, 2.45) is 0 Å². The van der Waals surface area contributed by atoms with Gasteiger partial charge in [0.25, 0.3) is 0 Å². The van der Waals surface area contributed by atoms with Crippen LogP contribution in [0.15, 0.2) is 24.3 Å². The van der Waals surface area contributed by atoms with Crippen LogP contribution in [0.3, 0.4) is 0 Å². The number of aromatic amines is 1. The molecule has 1 heterocycles. The molecule has 0 radical (unpaired) electrons. The summed E-state index contributed by atoms with van der Waals surface area (Å²) in [4.78, 5) is 13.5. The van der Waals surface area contributed by atoms with Crippen molar-refractivity contribution in [2.45, 2.75) is 0 Å². The van der Waals surface area contributed by atoms with E-state index in [2.05, 4.69) is 4.98 Å². The zero-order valence-corrected chi connectivity index (χ0v) is 7.20. The minimum Gasteiger partial charge on any atom is -0.496 e. The second kappa shape index (κ2) is 2.94. The molecule has 0 spiro atoms. The van der Waals surface area contributed by atoms with E-state index in [1.807, 2.05) is 18.2 Å². The summed E-state index contributed by atoms with van der Waals surface area (Å²) in [6, 6.07) is 7.43. The molecule has 3 nitrogen and oxygen atoms in total. The van der Waals surface area contributed by atoms with Gasteiger partial charge in [-0.2, -0.15) is 0 Å². The Morgan fingerprint density at radius 3 is 3.00 bits per heavy atom. The zero-order valence-electron chi connectivity index (χ0n) is 7.20. The Morgan fingerprint density at radius 2 is 2.31 bits per heavy atom. The highest BCUT2D eigenvalue weighted by atomic mass is 16.5. The fraction of sp³-hybridized carbons (Fsp3) is 0.100. The van der Waals surface area contributed by atoms with Gasteiger partial charge in [-0.05, 0) is 18.2 Å². The van der Waals surface area contributed by atoms with Crippen molar-refractivity contribution in [3.05, 3.63) is 30.0 Å². The summed E-state index contributed by atoms with van der Waals surface area (Å²) in [5.74, 6) is 0.779. The average molecular weight is 175 g/mol. The molecular weight excluding hydrogens is 166 g/mol. The fourth-order valence-corrected chi connectivity index (χ4v) is 1.39. The third-order valence-electron chi connectivity index (χ3n) is 1.99. The quantitative estimate of drug-likeness (QED) is 0.709. The molecular formula is C10H9NO2. The number of rotatable bonds is 2. The van der Waals surface area contributed by atoms with Gasteiger partial charge in [0, 0.05) is 10.9 Å². The lowest BCUT2D eigenvalue weighted by atomic mass is 10.2. The second-order valence-corrected chi connectivity index (χ2v) is 2.76. The number of hydrogen-bond donors (Lipinski definition) is 1. The van der Waals surface area contributed by atoms with Crippen LogP contribution >= 0.6 is 0 Å². The molecule has 0 saturated carbocycles. The molecule has 3 heteroatoms. The van der Waals surface area contributed by atoms with E-state index < -0.39 is 0 Å². The van der Waals surface area contributed by atoms with E-state index in [1.165, 1.54) is 0 Å². The number of aromatic nitrogens is 1. The highest BCUT2D eigenvalue weighted by Gasteiger charge is 2.03. The molecule has 0 amide bonds. The standard InChI is InChI=1S/C10H9NO2/c1-13-10-4-2-3-9-8(10)5-7(6-12)11-9/h2-6,11H,1H3. The minimum atomic E-state index is 0.569. The molecule has 0 saturated heterocycles. The van der Waals surface area contributed by atoms with Crippen LogP contribution in [-0.2, 0) is 0 Å². The third-order valence-corrected chi connectivity index (χ3v) is 1.99. The van der Waals surface area contributed by atoms with E-state index in [0.717, 1.165) is 22.9 Å². The summed E-state index contributed by atoms with van der Waals surface area (Å²) in [5, 5.41) is 0.937. The topological polar surface area (TPSA) is 42.1 Å². The molecule has 1 N–H and O–H groups in total. The summed E-state index contributed by atoms with van der Waals surface area (Å²) < 4.78 is 5.15. The van der Waals surface area contributed by atoms with Gasteiger partial charge in [0.15, 0.2) is 6.29 Å². The van der Waals surface area contributed by atoms with Crippen LogP contribution in [0, 0.1) is 0 Å². The number of benzene rings is 1. The maximum atomic E-state index is 10.5. The van der Waals surface area contributed by atoms with Gasteiger partial charge in [-0.3, -0.25) is 4.79 Å². The Labute approximate surface area is 75.3 Å². The summed E-state index contributed by atoms with van der Waals surface area (Å²) in [6.45, 7) is 0. The van der Waals surface area contributed by atoms with Crippen LogP contribution in [-0.4, -0.2) is 18.4 Å². The van der Waals surface area contributed by atoms with Crippen LogP contribution in [0.25, 0.3) is 10.9 Å². The molecule has 2 rings (SSSR count). The number of ether oxygens (including phenoxy) is 1. The molecule has 66 valence electrons. The molecule has 13 heavy (non-hydrogen) atoms. The molecule has 0 bridgehead atoms. The van der Waals surface area contributed by atoms with Gasteiger partial charge in [-0.1, -0.05) is 6.07 Å². The van der Waals surface area contributed by atoms with Crippen molar-refractivity contribution in [3.8, 4) is 5.75 Å². The Morgan fingerprint density at radius 1 is 1.46 bits per heavy atom. The summed E-state index contributed by atoms with van der Waals surface area (Å²) in [6.07, 6.45) is 0.791. The van der Waals surface area contributed by atoms with Gasteiger partial charge in [-0.15, -0.1) is 0 Å². The van der Waals surface area contributed by atoms with Gasteiger partial charge in [0.2, 0.25) is 0 Å². The van der Waals surface area contributed by atoms with Gasteiger partial charge in [-0.25, -0.2) is 0 Å². The first-order valence-corrected chi connectivity index (χ1v) is 3.96. The molecule has 0 atom stereocenters. The monoisotopic (exact) mass is 175 g/mol. The fourth-order valence-electron chi connectivity index (χ4n) is 1.39. The number of nitrogens with one attached hydrogen (secondary N) is 1. The highest BCUT2D eigenvalue weighted by molar-refractivity contribution is 5.91. The Kier molecular flexibility index (Phi) is 1.77. The average Bonchev–Trinajstić information content (AvgIpc) is 2.59. The van der Waals surface area contributed by atoms with E-state index in [0.29, 0.717) is 5.69 Å². The lowest BCUT2D eigenvalue weighted by Gasteiger charge is -1.99. The van der Waals surface area contributed by atoms with Crippen LogP contribution < -0.4 is 4.74 Å². The summed E-state index contributed by atoms with van der Waals surface area (Å²) >= 11 is 0. The number of carbonyl (C=O) groups excluding carboxylic acids is 1. The first-order chi connectivity index (χ1) is 6.35. The minimum absolute atomic E-state index is 0.569. The molecule has 1 aromatic heterocycles. The second-order valence-electron chi connectivity index (χ2n) is 2.76. The first kappa shape index (κ1) is 7.86. The number of aldehydes is 1. The van der Waals surface area contributed by atoms with Crippen molar-refractivity contribution < 1.29 is 9.53 Å². The number of H-pyrrole nitrogens is 1. The van der Waals surface area contributed by atoms with Crippen molar-refractivity contribution in [2.75, 3.05) is 7.11 Å². The maximum absolute atomic E-state index is 10.5. The van der Waals surface area contributed by atoms with Crippen LogP contribution in [0.4, 0.5) is 0 Å². The van der Waals surface area contributed by atoms with Gasteiger partial charge >= 0.3 is 0 Å². The largest absolute Gasteiger partial charge is 0.496 e.